The molecule has 8 nitrogen and oxygen atoms in total. The Morgan fingerprint density at radius 2 is 2.03 bits per heavy atom. The lowest BCUT2D eigenvalue weighted by Gasteiger charge is -2.05. The summed E-state index contributed by atoms with van der Waals surface area (Å²) in [6.45, 7) is 4.83. The Morgan fingerprint density at radius 3 is 2.84 bits per heavy atom. The summed E-state index contributed by atoms with van der Waals surface area (Å²) in [7, 11) is 0. The molecule has 2 aromatic carbocycles. The molecule has 0 spiro atoms. The van der Waals surface area contributed by atoms with Gasteiger partial charge in [-0.1, -0.05) is 19.9 Å². The van der Waals surface area contributed by atoms with E-state index in [-0.39, 0.29) is 22.7 Å². The number of rotatable bonds is 3. The Labute approximate surface area is 177 Å². The van der Waals surface area contributed by atoms with Crippen LogP contribution in [0.4, 0.5) is 5.69 Å². The third kappa shape index (κ3) is 3.20. The van der Waals surface area contributed by atoms with E-state index in [1.807, 2.05) is 18.2 Å². The van der Waals surface area contributed by atoms with Gasteiger partial charge >= 0.3 is 0 Å². The Balaban J connectivity index is 1.51. The molecule has 0 unspecified atom stereocenters. The highest BCUT2D eigenvalue weighted by atomic mass is 16.3. The summed E-state index contributed by atoms with van der Waals surface area (Å²) in [5, 5.41) is 19.3. The van der Waals surface area contributed by atoms with Crippen LogP contribution in [0.5, 0.6) is 5.88 Å². The second-order valence-corrected chi connectivity index (χ2v) is 8.11. The van der Waals surface area contributed by atoms with Gasteiger partial charge in [-0.2, -0.15) is 0 Å². The van der Waals surface area contributed by atoms with Crippen LogP contribution >= 0.6 is 0 Å². The molecule has 5 rings (SSSR count). The molecule has 0 bridgehead atoms. The largest absolute Gasteiger partial charge is 0.493 e. The van der Waals surface area contributed by atoms with Gasteiger partial charge in [-0.15, -0.1) is 10.2 Å². The van der Waals surface area contributed by atoms with E-state index < -0.39 is 5.91 Å². The zero-order chi connectivity index (χ0) is 21.7. The smallest absolute Gasteiger partial charge is 0.295 e. The van der Waals surface area contributed by atoms with Gasteiger partial charge < -0.3 is 10.1 Å². The molecule has 156 valence electrons. The lowest BCUT2D eigenvalue weighted by Crippen LogP contribution is -2.21. The number of nitrogens with one attached hydrogen (secondary N) is 1. The van der Waals surface area contributed by atoms with Gasteiger partial charge in [0.15, 0.2) is 5.69 Å². The van der Waals surface area contributed by atoms with Crippen LogP contribution in [0.1, 0.15) is 47.9 Å². The summed E-state index contributed by atoms with van der Waals surface area (Å²) in [5.41, 5.74) is 2.72. The molecule has 0 fully saturated rings. The highest BCUT2D eigenvalue weighted by Gasteiger charge is 2.18. The van der Waals surface area contributed by atoms with Crippen LogP contribution < -0.4 is 5.56 Å². The van der Waals surface area contributed by atoms with E-state index in [1.165, 1.54) is 0 Å². The number of benzene rings is 2. The molecular weight excluding hydrogens is 394 g/mol. The molecule has 31 heavy (non-hydrogen) atoms. The molecule has 0 atom stereocenters. The number of carbonyl (C=O) groups excluding carboxylic acids is 1. The molecule has 0 aliphatic carbocycles. The Morgan fingerprint density at radius 1 is 1.19 bits per heavy atom. The molecule has 1 aliphatic rings. The third-order valence-electron chi connectivity index (χ3n) is 5.75. The van der Waals surface area contributed by atoms with E-state index in [0.29, 0.717) is 34.3 Å². The minimum Gasteiger partial charge on any atom is -0.493 e. The standard InChI is InChI=1S/C23H21N5O3/c1-12(2)13-6-8-17-16(10-13)20(22(30)25-17)26-27-21(29)14-5-7-15-18(11-14)24-19-4-3-9-28(19)23(15)31/h5-8,10-12,25,30H,3-4,9H2,1-2H3. The number of aromatic hydroxyl groups is 1. The van der Waals surface area contributed by atoms with Crippen LogP contribution in [0.2, 0.25) is 0 Å². The van der Waals surface area contributed by atoms with Gasteiger partial charge in [0.2, 0.25) is 5.88 Å². The predicted octanol–water partition coefficient (Wildman–Crippen LogP) is 4.58. The van der Waals surface area contributed by atoms with Crippen molar-refractivity contribution in [2.24, 2.45) is 10.2 Å². The second kappa shape index (κ2) is 7.16. The number of aromatic amines is 1. The zero-order valence-electron chi connectivity index (χ0n) is 17.2. The summed E-state index contributed by atoms with van der Waals surface area (Å²) < 4.78 is 1.69. The van der Waals surface area contributed by atoms with Crippen LogP contribution in [0.25, 0.3) is 21.8 Å². The molecule has 0 saturated heterocycles. The lowest BCUT2D eigenvalue weighted by molar-refractivity contribution is 0.0995. The summed E-state index contributed by atoms with van der Waals surface area (Å²) in [5.74, 6) is 0.339. The van der Waals surface area contributed by atoms with Crippen LogP contribution in [0, 0.1) is 0 Å². The Hall–Kier alpha value is -3.81. The van der Waals surface area contributed by atoms with Gasteiger partial charge in [0, 0.05) is 23.9 Å². The fourth-order valence-corrected chi connectivity index (χ4v) is 4.01. The fourth-order valence-electron chi connectivity index (χ4n) is 4.01. The summed E-state index contributed by atoms with van der Waals surface area (Å²) in [6.07, 6.45) is 1.65. The topological polar surface area (TPSA) is 113 Å². The molecule has 2 N–H and O–H groups in total. The first-order chi connectivity index (χ1) is 14.9. The zero-order valence-corrected chi connectivity index (χ0v) is 17.2. The molecule has 0 saturated carbocycles. The number of carbonyl (C=O) groups is 1. The maximum Gasteiger partial charge on any atom is 0.295 e. The Bertz CT molecular complexity index is 1450. The maximum absolute atomic E-state index is 12.7. The molecule has 4 aromatic rings. The SMILES string of the molecule is CC(C)c1ccc2[nH]c(O)c(N=NC(=O)c3ccc4c(=O)n5c(nc4c3)CCC5)c2c1. The highest BCUT2D eigenvalue weighted by Crippen LogP contribution is 2.37. The first-order valence-electron chi connectivity index (χ1n) is 10.3. The van der Waals surface area contributed by atoms with E-state index in [1.54, 1.807) is 22.8 Å². The van der Waals surface area contributed by atoms with Crippen LogP contribution in [-0.4, -0.2) is 25.5 Å². The van der Waals surface area contributed by atoms with Gasteiger partial charge in [0.1, 0.15) is 5.82 Å². The lowest BCUT2D eigenvalue weighted by atomic mass is 10.0. The van der Waals surface area contributed by atoms with Crippen molar-refractivity contribution in [3.05, 3.63) is 63.7 Å². The predicted molar refractivity (Wildman–Crippen MR) is 117 cm³/mol. The molecule has 0 radical (unpaired) electrons. The summed E-state index contributed by atoms with van der Waals surface area (Å²) in [6, 6.07) is 10.5. The third-order valence-corrected chi connectivity index (χ3v) is 5.75. The molecule has 3 heterocycles. The molecule has 1 amide bonds. The maximum atomic E-state index is 12.7. The van der Waals surface area contributed by atoms with Crippen molar-refractivity contribution in [2.45, 2.75) is 39.2 Å². The first-order valence-corrected chi connectivity index (χ1v) is 10.3. The van der Waals surface area contributed by atoms with Gasteiger partial charge in [-0.05, 0) is 48.2 Å². The van der Waals surface area contributed by atoms with Crippen molar-refractivity contribution in [3.63, 3.8) is 0 Å². The number of hydrogen-bond acceptors (Lipinski definition) is 5. The van der Waals surface area contributed by atoms with E-state index in [4.69, 9.17) is 0 Å². The molecule has 1 aliphatic heterocycles. The first kappa shape index (κ1) is 19.2. The molecular formula is C23H21N5O3. The van der Waals surface area contributed by atoms with Crippen LogP contribution in [0.3, 0.4) is 0 Å². The van der Waals surface area contributed by atoms with E-state index >= 15 is 0 Å². The van der Waals surface area contributed by atoms with Gasteiger partial charge in [0.05, 0.1) is 16.4 Å². The van der Waals surface area contributed by atoms with Gasteiger partial charge in [-0.25, -0.2) is 4.98 Å². The monoisotopic (exact) mass is 415 g/mol. The Kier molecular flexibility index (Phi) is 4.43. The van der Waals surface area contributed by atoms with Crippen molar-refractivity contribution in [1.82, 2.24) is 14.5 Å². The fraction of sp³-hybridized carbons (Fsp3) is 0.261. The number of aryl methyl sites for hydroxylation is 1. The van der Waals surface area contributed by atoms with E-state index in [9.17, 15) is 14.7 Å². The van der Waals surface area contributed by atoms with Crippen molar-refractivity contribution in [1.29, 1.82) is 0 Å². The minimum absolute atomic E-state index is 0.0807. The van der Waals surface area contributed by atoms with Crippen molar-refractivity contribution < 1.29 is 9.90 Å². The molecule has 8 heteroatoms. The number of azo groups is 1. The highest BCUT2D eigenvalue weighted by molar-refractivity contribution is 5.99. The van der Waals surface area contributed by atoms with E-state index in [0.717, 1.165) is 24.2 Å². The number of nitrogens with zero attached hydrogens (tertiary/aromatic N) is 4. The van der Waals surface area contributed by atoms with Crippen LogP contribution in [-0.2, 0) is 13.0 Å². The van der Waals surface area contributed by atoms with Crippen molar-refractivity contribution >= 4 is 33.4 Å². The van der Waals surface area contributed by atoms with Crippen molar-refractivity contribution in [3.8, 4) is 5.88 Å². The van der Waals surface area contributed by atoms with Gasteiger partial charge in [-0.3, -0.25) is 14.2 Å². The quantitative estimate of drug-likeness (QED) is 0.477. The molecule has 2 aromatic heterocycles. The minimum atomic E-state index is -0.571. The normalized spacial score (nSPS) is 13.6. The average Bonchev–Trinajstić information content (AvgIpc) is 3.35. The average molecular weight is 415 g/mol. The second-order valence-electron chi connectivity index (χ2n) is 8.11. The summed E-state index contributed by atoms with van der Waals surface area (Å²) in [4.78, 5) is 32.6. The number of H-pyrrole nitrogens is 1. The van der Waals surface area contributed by atoms with Gasteiger partial charge in [0.25, 0.3) is 11.5 Å². The van der Waals surface area contributed by atoms with E-state index in [2.05, 4.69) is 34.0 Å². The number of aromatic nitrogens is 3. The number of amides is 1. The summed E-state index contributed by atoms with van der Waals surface area (Å²) >= 11 is 0. The number of fused-ring (bicyclic) bond motifs is 3. The van der Waals surface area contributed by atoms with Crippen molar-refractivity contribution in [2.75, 3.05) is 0 Å². The van der Waals surface area contributed by atoms with Crippen LogP contribution in [0.15, 0.2) is 51.4 Å². The number of hydrogen-bond donors (Lipinski definition) is 2.